The Hall–Kier alpha value is -1.32. The van der Waals surface area contributed by atoms with Crippen LogP contribution in [0.3, 0.4) is 0 Å². The number of amides is 1. The van der Waals surface area contributed by atoms with Crippen LogP contribution in [0.5, 0.6) is 0 Å². The van der Waals surface area contributed by atoms with Crippen LogP contribution in [0.25, 0.3) is 0 Å². The van der Waals surface area contributed by atoms with Gasteiger partial charge < -0.3 is 5.32 Å². The number of carbonyl (C=O) groups is 1. The Morgan fingerprint density at radius 2 is 1.84 bits per heavy atom. The zero-order valence-corrected chi connectivity index (χ0v) is 13.0. The van der Waals surface area contributed by atoms with E-state index in [0.717, 1.165) is 16.8 Å². The van der Waals surface area contributed by atoms with E-state index in [4.69, 9.17) is 11.6 Å². The van der Waals surface area contributed by atoms with Gasteiger partial charge in [-0.15, -0.1) is 0 Å². The molecule has 0 aromatic heterocycles. The first-order valence-corrected chi connectivity index (χ1v) is 6.99. The number of rotatable bonds is 2. The van der Waals surface area contributed by atoms with E-state index < -0.39 is 0 Å². The zero-order valence-electron chi connectivity index (χ0n) is 10.6. The number of hydrogen-bond donors (Lipinski definition) is 1. The van der Waals surface area contributed by atoms with Gasteiger partial charge in [-0.3, -0.25) is 4.79 Å². The van der Waals surface area contributed by atoms with Crippen LogP contribution in [-0.4, -0.2) is 5.91 Å². The van der Waals surface area contributed by atoms with Gasteiger partial charge in [-0.1, -0.05) is 29.8 Å². The van der Waals surface area contributed by atoms with E-state index >= 15 is 0 Å². The second-order valence-electron chi connectivity index (χ2n) is 4.30. The number of hydrogen-bond acceptors (Lipinski definition) is 1. The molecule has 2 aromatic carbocycles. The molecule has 2 nitrogen and oxygen atoms in total. The smallest absolute Gasteiger partial charge is 0.257 e. The minimum atomic E-state index is -0.208. The molecule has 0 spiro atoms. The molecule has 2 rings (SSSR count). The van der Waals surface area contributed by atoms with Gasteiger partial charge in [-0.2, -0.15) is 0 Å². The fourth-order valence-electron chi connectivity index (χ4n) is 1.76. The van der Waals surface area contributed by atoms with Crippen molar-refractivity contribution in [3.05, 3.63) is 62.6 Å². The van der Waals surface area contributed by atoms with Crippen LogP contribution in [0, 0.1) is 13.8 Å². The number of halogens is 2. The van der Waals surface area contributed by atoms with Crippen LogP contribution >= 0.6 is 27.5 Å². The highest BCUT2D eigenvalue weighted by molar-refractivity contribution is 9.10. The summed E-state index contributed by atoms with van der Waals surface area (Å²) >= 11 is 9.43. The molecular weight excluding hydrogens is 326 g/mol. The monoisotopic (exact) mass is 337 g/mol. The maximum atomic E-state index is 12.2. The lowest BCUT2D eigenvalue weighted by molar-refractivity contribution is 0.102. The Bertz CT molecular complexity index is 640. The molecular formula is C15H13BrClNO. The highest BCUT2D eigenvalue weighted by Gasteiger charge is 2.13. The number of aryl methyl sites for hydroxylation is 1. The lowest BCUT2D eigenvalue weighted by atomic mass is 10.1. The fraction of sp³-hybridized carbons (Fsp3) is 0.133. The molecule has 0 aliphatic heterocycles. The van der Waals surface area contributed by atoms with Gasteiger partial charge in [0.2, 0.25) is 0 Å². The van der Waals surface area contributed by atoms with Crippen molar-refractivity contribution >= 4 is 39.1 Å². The Morgan fingerprint density at radius 3 is 2.58 bits per heavy atom. The fourth-order valence-corrected chi connectivity index (χ4v) is 2.33. The third-order valence-electron chi connectivity index (χ3n) is 3.05. The van der Waals surface area contributed by atoms with Crippen LogP contribution in [0.1, 0.15) is 21.5 Å². The molecule has 0 fully saturated rings. The second kappa shape index (κ2) is 5.76. The summed E-state index contributed by atoms with van der Waals surface area (Å²) in [6.07, 6.45) is 0. The molecule has 0 atom stereocenters. The van der Waals surface area contributed by atoms with Gasteiger partial charge in [0.1, 0.15) is 0 Å². The van der Waals surface area contributed by atoms with Crippen molar-refractivity contribution in [3.8, 4) is 0 Å². The third-order valence-corrected chi connectivity index (χ3v) is 4.35. The summed E-state index contributed by atoms with van der Waals surface area (Å²) < 4.78 is 0.711. The van der Waals surface area contributed by atoms with E-state index in [1.54, 1.807) is 18.2 Å². The van der Waals surface area contributed by atoms with Gasteiger partial charge in [0.15, 0.2) is 0 Å². The standard InChI is InChI=1S/C15H13BrClNO/c1-9-5-3-8-13(10(9)2)18-15(19)11-6-4-7-12(16)14(11)17/h3-8H,1-2H3,(H,18,19). The van der Waals surface area contributed by atoms with E-state index in [0.29, 0.717) is 15.1 Å². The molecule has 98 valence electrons. The molecule has 0 heterocycles. The molecule has 19 heavy (non-hydrogen) atoms. The highest BCUT2D eigenvalue weighted by Crippen LogP contribution is 2.27. The van der Waals surface area contributed by atoms with E-state index in [1.807, 2.05) is 32.0 Å². The largest absolute Gasteiger partial charge is 0.322 e. The van der Waals surface area contributed by atoms with Gasteiger partial charge >= 0.3 is 0 Å². The Balaban J connectivity index is 2.31. The topological polar surface area (TPSA) is 29.1 Å². The summed E-state index contributed by atoms with van der Waals surface area (Å²) in [7, 11) is 0. The predicted octanol–water partition coefficient (Wildman–Crippen LogP) is 4.97. The van der Waals surface area contributed by atoms with Crippen molar-refractivity contribution in [2.24, 2.45) is 0 Å². The summed E-state index contributed by atoms with van der Waals surface area (Å²) in [4.78, 5) is 12.2. The number of anilines is 1. The molecule has 1 amide bonds. The summed E-state index contributed by atoms with van der Waals surface area (Å²) in [5.74, 6) is -0.208. The quantitative estimate of drug-likeness (QED) is 0.823. The van der Waals surface area contributed by atoms with E-state index in [-0.39, 0.29) is 5.91 Å². The minimum Gasteiger partial charge on any atom is -0.322 e. The van der Waals surface area contributed by atoms with Gasteiger partial charge in [-0.05, 0) is 59.1 Å². The number of carbonyl (C=O) groups excluding carboxylic acids is 1. The minimum absolute atomic E-state index is 0.208. The molecule has 0 radical (unpaired) electrons. The van der Waals surface area contributed by atoms with Crippen LogP contribution in [0.15, 0.2) is 40.9 Å². The van der Waals surface area contributed by atoms with Gasteiger partial charge in [0, 0.05) is 10.2 Å². The van der Waals surface area contributed by atoms with E-state index in [9.17, 15) is 4.79 Å². The summed E-state index contributed by atoms with van der Waals surface area (Å²) in [5.41, 5.74) is 3.46. The summed E-state index contributed by atoms with van der Waals surface area (Å²) in [5, 5.41) is 3.31. The van der Waals surface area contributed by atoms with Crippen molar-refractivity contribution in [2.45, 2.75) is 13.8 Å². The first-order chi connectivity index (χ1) is 9.00. The molecule has 1 N–H and O–H groups in total. The average molecular weight is 339 g/mol. The van der Waals surface area contributed by atoms with Gasteiger partial charge in [0.05, 0.1) is 10.6 Å². The molecule has 0 saturated heterocycles. The molecule has 0 aliphatic rings. The number of benzene rings is 2. The lowest BCUT2D eigenvalue weighted by Crippen LogP contribution is -2.13. The van der Waals surface area contributed by atoms with Gasteiger partial charge in [0.25, 0.3) is 5.91 Å². The molecule has 0 bridgehead atoms. The molecule has 4 heteroatoms. The maximum absolute atomic E-state index is 12.2. The average Bonchev–Trinajstić information content (AvgIpc) is 2.38. The molecule has 0 aliphatic carbocycles. The predicted molar refractivity (Wildman–Crippen MR) is 83.0 cm³/mol. The third kappa shape index (κ3) is 2.99. The zero-order chi connectivity index (χ0) is 14.0. The SMILES string of the molecule is Cc1cccc(NC(=O)c2cccc(Br)c2Cl)c1C. The van der Waals surface area contributed by atoms with Crippen LogP contribution < -0.4 is 5.32 Å². The van der Waals surface area contributed by atoms with E-state index in [2.05, 4.69) is 21.2 Å². The Morgan fingerprint density at radius 1 is 1.16 bits per heavy atom. The van der Waals surface area contributed by atoms with Gasteiger partial charge in [-0.25, -0.2) is 0 Å². The Labute approximate surface area is 125 Å². The first kappa shape index (κ1) is 14.1. The van der Waals surface area contributed by atoms with Crippen LogP contribution in [0.2, 0.25) is 5.02 Å². The van der Waals surface area contributed by atoms with E-state index in [1.165, 1.54) is 0 Å². The molecule has 0 unspecified atom stereocenters. The molecule has 0 saturated carbocycles. The maximum Gasteiger partial charge on any atom is 0.257 e. The number of nitrogens with one attached hydrogen (secondary N) is 1. The van der Waals surface area contributed by atoms with Crippen molar-refractivity contribution in [3.63, 3.8) is 0 Å². The highest BCUT2D eigenvalue weighted by atomic mass is 79.9. The van der Waals surface area contributed by atoms with Crippen molar-refractivity contribution in [1.82, 2.24) is 0 Å². The van der Waals surface area contributed by atoms with Crippen molar-refractivity contribution < 1.29 is 4.79 Å². The first-order valence-electron chi connectivity index (χ1n) is 5.82. The van der Waals surface area contributed by atoms with Crippen molar-refractivity contribution in [2.75, 3.05) is 5.32 Å². The van der Waals surface area contributed by atoms with Crippen molar-refractivity contribution in [1.29, 1.82) is 0 Å². The molecule has 2 aromatic rings. The summed E-state index contributed by atoms with van der Waals surface area (Å²) in [6, 6.07) is 11.1. The van der Waals surface area contributed by atoms with Crippen LogP contribution in [0.4, 0.5) is 5.69 Å². The normalized spacial score (nSPS) is 10.3. The second-order valence-corrected chi connectivity index (χ2v) is 5.54. The lowest BCUT2D eigenvalue weighted by Gasteiger charge is -2.11. The summed E-state index contributed by atoms with van der Waals surface area (Å²) in [6.45, 7) is 3.99. The Kier molecular flexibility index (Phi) is 4.27. The van der Waals surface area contributed by atoms with Crippen LogP contribution in [-0.2, 0) is 0 Å².